The second-order valence-corrected chi connectivity index (χ2v) is 9.37. The normalized spacial score (nSPS) is 11.9. The molecule has 3 rings (SSSR count). The van der Waals surface area contributed by atoms with Crippen LogP contribution in [0.25, 0.3) is 0 Å². The molecule has 174 valence electrons. The Hall–Kier alpha value is -2.84. The van der Waals surface area contributed by atoms with Crippen LogP contribution in [-0.2, 0) is 11.3 Å². The van der Waals surface area contributed by atoms with E-state index < -0.39 is 0 Å². The molecule has 2 N–H and O–H groups in total. The molecule has 1 aromatic heterocycles. The second kappa shape index (κ2) is 11.3. The SMILES string of the molecule is CCn1c(SCC(=O)Nc2cccc(Cl)c2)nnc1[C@@H](NC(=O)c1ccc(C)cc1)C(C)C. The molecule has 0 aliphatic rings. The van der Waals surface area contributed by atoms with Crippen molar-refractivity contribution in [2.75, 3.05) is 11.1 Å². The smallest absolute Gasteiger partial charge is 0.251 e. The fourth-order valence-corrected chi connectivity index (χ4v) is 4.29. The van der Waals surface area contributed by atoms with Crippen LogP contribution in [0.2, 0.25) is 5.02 Å². The lowest BCUT2D eigenvalue weighted by Crippen LogP contribution is -2.33. The van der Waals surface area contributed by atoms with Gasteiger partial charge >= 0.3 is 0 Å². The molecule has 0 saturated carbocycles. The number of halogens is 1. The van der Waals surface area contributed by atoms with Crippen molar-refractivity contribution in [3.8, 4) is 0 Å². The largest absolute Gasteiger partial charge is 0.342 e. The van der Waals surface area contributed by atoms with Gasteiger partial charge in [-0.05, 0) is 50.1 Å². The minimum Gasteiger partial charge on any atom is -0.342 e. The number of anilines is 1. The summed E-state index contributed by atoms with van der Waals surface area (Å²) in [5.74, 6) is 0.618. The zero-order valence-electron chi connectivity index (χ0n) is 19.1. The van der Waals surface area contributed by atoms with Crippen molar-refractivity contribution in [3.05, 3.63) is 70.5 Å². The Balaban J connectivity index is 1.70. The summed E-state index contributed by atoms with van der Waals surface area (Å²) in [5.41, 5.74) is 2.34. The van der Waals surface area contributed by atoms with Gasteiger partial charge in [-0.3, -0.25) is 9.59 Å². The number of hydrogen-bond donors (Lipinski definition) is 2. The molecule has 2 amide bonds. The van der Waals surface area contributed by atoms with Gasteiger partial charge in [0.05, 0.1) is 11.8 Å². The highest BCUT2D eigenvalue weighted by Crippen LogP contribution is 2.26. The van der Waals surface area contributed by atoms with Crippen molar-refractivity contribution >= 4 is 40.9 Å². The van der Waals surface area contributed by atoms with Gasteiger partial charge < -0.3 is 15.2 Å². The summed E-state index contributed by atoms with van der Waals surface area (Å²) in [6.07, 6.45) is 0. The first-order valence-corrected chi connectivity index (χ1v) is 12.1. The van der Waals surface area contributed by atoms with Gasteiger partial charge in [-0.2, -0.15) is 0 Å². The Morgan fingerprint density at radius 1 is 1.12 bits per heavy atom. The van der Waals surface area contributed by atoms with Crippen LogP contribution in [0.15, 0.2) is 53.7 Å². The molecular formula is C24H28ClN5O2S. The highest BCUT2D eigenvalue weighted by molar-refractivity contribution is 7.99. The summed E-state index contributed by atoms with van der Waals surface area (Å²) < 4.78 is 1.94. The van der Waals surface area contributed by atoms with E-state index in [4.69, 9.17) is 11.6 Å². The van der Waals surface area contributed by atoms with E-state index in [-0.39, 0.29) is 29.5 Å². The third-order valence-corrected chi connectivity index (χ3v) is 6.25. The molecule has 2 aromatic carbocycles. The molecule has 0 fully saturated rings. The maximum atomic E-state index is 12.8. The van der Waals surface area contributed by atoms with Crippen LogP contribution in [-0.4, -0.2) is 32.3 Å². The van der Waals surface area contributed by atoms with Crippen molar-refractivity contribution in [3.63, 3.8) is 0 Å². The van der Waals surface area contributed by atoms with E-state index in [0.717, 1.165) is 5.56 Å². The van der Waals surface area contributed by atoms with Crippen LogP contribution in [0.5, 0.6) is 0 Å². The quantitative estimate of drug-likeness (QED) is 0.411. The molecule has 0 bridgehead atoms. The number of nitrogens with zero attached hydrogens (tertiary/aromatic N) is 3. The lowest BCUT2D eigenvalue weighted by Gasteiger charge is -2.22. The molecule has 0 saturated heterocycles. The third-order valence-electron chi connectivity index (χ3n) is 5.05. The van der Waals surface area contributed by atoms with Crippen LogP contribution in [0.4, 0.5) is 5.69 Å². The standard InChI is InChI=1S/C24H28ClN5O2S/c1-5-30-22(21(15(2)3)27-23(32)17-11-9-16(4)10-12-17)28-29-24(30)33-14-20(31)26-19-8-6-7-18(25)13-19/h6-13,15,21H,5,14H2,1-4H3,(H,26,31)(H,27,32)/t21-/m0/s1. The highest BCUT2D eigenvalue weighted by Gasteiger charge is 2.26. The molecule has 3 aromatic rings. The molecule has 0 radical (unpaired) electrons. The Morgan fingerprint density at radius 3 is 2.48 bits per heavy atom. The van der Waals surface area contributed by atoms with Crippen molar-refractivity contribution in [2.45, 2.75) is 45.4 Å². The summed E-state index contributed by atoms with van der Waals surface area (Å²) in [4.78, 5) is 25.2. The predicted octanol–water partition coefficient (Wildman–Crippen LogP) is 5.12. The number of thioether (sulfide) groups is 1. The fraction of sp³-hybridized carbons (Fsp3) is 0.333. The van der Waals surface area contributed by atoms with E-state index >= 15 is 0 Å². The second-order valence-electron chi connectivity index (χ2n) is 7.99. The summed E-state index contributed by atoms with van der Waals surface area (Å²) in [6, 6.07) is 14.1. The minimum absolute atomic E-state index is 0.0953. The summed E-state index contributed by atoms with van der Waals surface area (Å²) >= 11 is 7.27. The van der Waals surface area contributed by atoms with Gasteiger partial charge in [0.2, 0.25) is 5.91 Å². The number of amides is 2. The van der Waals surface area contributed by atoms with E-state index in [1.165, 1.54) is 11.8 Å². The highest BCUT2D eigenvalue weighted by atomic mass is 35.5. The number of hydrogen-bond acceptors (Lipinski definition) is 5. The number of aromatic nitrogens is 3. The Labute approximate surface area is 203 Å². The fourth-order valence-electron chi connectivity index (χ4n) is 3.29. The first kappa shape index (κ1) is 24.8. The molecule has 0 aliphatic carbocycles. The predicted molar refractivity (Wildman–Crippen MR) is 133 cm³/mol. The van der Waals surface area contributed by atoms with Crippen molar-refractivity contribution in [1.29, 1.82) is 0 Å². The first-order chi connectivity index (χ1) is 15.8. The van der Waals surface area contributed by atoms with Gasteiger partial charge in [-0.1, -0.05) is 61.0 Å². The van der Waals surface area contributed by atoms with Crippen LogP contribution >= 0.6 is 23.4 Å². The van der Waals surface area contributed by atoms with E-state index in [2.05, 4.69) is 20.8 Å². The number of benzene rings is 2. The van der Waals surface area contributed by atoms with Crippen LogP contribution in [0.3, 0.4) is 0 Å². The number of carbonyl (C=O) groups excluding carboxylic acids is 2. The van der Waals surface area contributed by atoms with E-state index in [1.807, 2.05) is 56.5 Å². The zero-order valence-corrected chi connectivity index (χ0v) is 20.7. The van der Waals surface area contributed by atoms with E-state index in [0.29, 0.717) is 33.8 Å². The molecule has 7 nitrogen and oxygen atoms in total. The van der Waals surface area contributed by atoms with Crippen LogP contribution < -0.4 is 10.6 Å². The van der Waals surface area contributed by atoms with E-state index in [1.54, 1.807) is 24.3 Å². The molecule has 1 heterocycles. The van der Waals surface area contributed by atoms with Gasteiger partial charge in [-0.25, -0.2) is 0 Å². The molecule has 9 heteroatoms. The Bertz CT molecular complexity index is 1110. The summed E-state index contributed by atoms with van der Waals surface area (Å²) in [5, 5.41) is 15.8. The molecule has 1 atom stereocenters. The number of carbonyl (C=O) groups is 2. The van der Waals surface area contributed by atoms with Gasteiger partial charge in [0, 0.05) is 22.8 Å². The number of nitrogens with one attached hydrogen (secondary N) is 2. The molecule has 33 heavy (non-hydrogen) atoms. The van der Waals surface area contributed by atoms with Gasteiger partial charge in [-0.15, -0.1) is 10.2 Å². The van der Waals surface area contributed by atoms with Gasteiger partial charge in [0.1, 0.15) is 0 Å². The summed E-state index contributed by atoms with van der Waals surface area (Å²) in [7, 11) is 0. The monoisotopic (exact) mass is 485 g/mol. The maximum Gasteiger partial charge on any atom is 0.251 e. The van der Waals surface area contributed by atoms with Crippen LogP contribution in [0, 0.1) is 12.8 Å². The Morgan fingerprint density at radius 2 is 1.85 bits per heavy atom. The zero-order chi connectivity index (χ0) is 24.0. The lowest BCUT2D eigenvalue weighted by molar-refractivity contribution is -0.113. The average molecular weight is 486 g/mol. The van der Waals surface area contributed by atoms with Crippen molar-refractivity contribution < 1.29 is 9.59 Å². The number of aryl methyl sites for hydroxylation is 1. The maximum absolute atomic E-state index is 12.8. The molecule has 0 unspecified atom stereocenters. The molecule has 0 spiro atoms. The lowest BCUT2D eigenvalue weighted by atomic mass is 10.0. The Kier molecular flexibility index (Phi) is 8.52. The molecule has 0 aliphatic heterocycles. The first-order valence-electron chi connectivity index (χ1n) is 10.8. The van der Waals surface area contributed by atoms with Gasteiger partial charge in [0.25, 0.3) is 5.91 Å². The van der Waals surface area contributed by atoms with Crippen molar-refractivity contribution in [1.82, 2.24) is 20.1 Å². The van der Waals surface area contributed by atoms with Crippen LogP contribution in [0.1, 0.15) is 48.6 Å². The van der Waals surface area contributed by atoms with Gasteiger partial charge in [0.15, 0.2) is 11.0 Å². The average Bonchev–Trinajstić information content (AvgIpc) is 3.18. The summed E-state index contributed by atoms with van der Waals surface area (Å²) in [6.45, 7) is 8.64. The third kappa shape index (κ3) is 6.58. The van der Waals surface area contributed by atoms with Crippen molar-refractivity contribution in [2.24, 2.45) is 5.92 Å². The van der Waals surface area contributed by atoms with E-state index in [9.17, 15) is 9.59 Å². The molecular weight excluding hydrogens is 458 g/mol. The number of rotatable bonds is 9. The minimum atomic E-state index is -0.319. The topological polar surface area (TPSA) is 88.9 Å².